The molecule has 0 amide bonds. The Labute approximate surface area is 175 Å². The van der Waals surface area contributed by atoms with E-state index in [-0.39, 0.29) is 0 Å². The molecular formula is C27H29NSi. The summed E-state index contributed by atoms with van der Waals surface area (Å²) in [5.41, 5.74) is 2.73. The summed E-state index contributed by atoms with van der Waals surface area (Å²) in [6.07, 6.45) is 9.40. The van der Waals surface area contributed by atoms with Crippen LogP contribution in [0.5, 0.6) is 0 Å². The first-order valence-electron chi connectivity index (χ1n) is 10.7. The number of para-hydroxylation sites is 1. The van der Waals surface area contributed by atoms with Crippen LogP contribution in [0.4, 0.5) is 5.69 Å². The van der Waals surface area contributed by atoms with Crippen molar-refractivity contribution in [2.24, 2.45) is 0 Å². The molecule has 1 nitrogen and oxygen atoms in total. The average Bonchev–Trinajstić information content (AvgIpc) is 3.27. The predicted molar refractivity (Wildman–Crippen MR) is 128 cm³/mol. The van der Waals surface area contributed by atoms with Crippen LogP contribution in [0.3, 0.4) is 0 Å². The lowest BCUT2D eigenvalue weighted by atomic mass is 10.1. The Kier molecular flexibility index (Phi) is 6.11. The summed E-state index contributed by atoms with van der Waals surface area (Å²) in [4.78, 5) is 4.11. The molecule has 0 radical (unpaired) electrons. The van der Waals surface area contributed by atoms with Crippen LogP contribution in [0.1, 0.15) is 32.6 Å². The van der Waals surface area contributed by atoms with Crippen LogP contribution in [0.2, 0.25) is 0 Å². The number of benzene rings is 3. The highest BCUT2D eigenvalue weighted by Gasteiger charge is 2.43. The van der Waals surface area contributed by atoms with E-state index in [0.717, 1.165) is 12.8 Å². The molecule has 2 heteroatoms. The van der Waals surface area contributed by atoms with Crippen molar-refractivity contribution in [1.29, 1.82) is 0 Å². The minimum absolute atomic E-state index is 1.04. The second-order valence-corrected chi connectivity index (χ2v) is 11.2. The monoisotopic (exact) mass is 395 g/mol. The first-order valence-corrected chi connectivity index (χ1v) is 12.7. The van der Waals surface area contributed by atoms with Crippen molar-refractivity contribution in [3.8, 4) is 0 Å². The van der Waals surface area contributed by atoms with Crippen LogP contribution in [-0.4, -0.2) is 8.24 Å². The lowest BCUT2D eigenvalue weighted by molar-refractivity contribution is 0.797. The Morgan fingerprint density at radius 3 is 1.86 bits per heavy atom. The maximum absolute atomic E-state index is 4.11. The summed E-state index contributed by atoms with van der Waals surface area (Å²) in [5, 5.41) is 4.44. The maximum Gasteiger partial charge on any atom is 0.247 e. The summed E-state index contributed by atoms with van der Waals surface area (Å²) in [5.74, 6) is 0. The maximum atomic E-state index is 4.11. The van der Waals surface area contributed by atoms with Gasteiger partial charge < -0.3 is 4.98 Å². The fourth-order valence-electron chi connectivity index (χ4n) is 4.40. The van der Waals surface area contributed by atoms with Gasteiger partial charge in [0.2, 0.25) is 8.24 Å². The number of hydrogen-bond acceptors (Lipinski definition) is 1. The van der Waals surface area contributed by atoms with Crippen LogP contribution in [0, 0.1) is 0 Å². The summed E-state index contributed by atoms with van der Waals surface area (Å²) in [7, 11) is -2.40. The summed E-state index contributed by atoms with van der Waals surface area (Å²) in [6.45, 7) is 2.28. The molecule has 1 aliphatic rings. The molecular weight excluding hydrogens is 366 g/mol. The lowest BCUT2D eigenvalue weighted by Crippen LogP contribution is -2.66. The number of hydrogen-bond donors (Lipinski definition) is 1. The third-order valence-corrected chi connectivity index (χ3v) is 10.3. The van der Waals surface area contributed by atoms with Gasteiger partial charge in [0.1, 0.15) is 0 Å². The van der Waals surface area contributed by atoms with Gasteiger partial charge in [0, 0.05) is 5.69 Å². The Morgan fingerprint density at radius 2 is 1.31 bits per heavy atom. The van der Waals surface area contributed by atoms with E-state index in [4.69, 9.17) is 0 Å². The van der Waals surface area contributed by atoms with E-state index in [1.54, 1.807) is 5.20 Å². The highest BCUT2D eigenvalue weighted by molar-refractivity contribution is 7.09. The van der Waals surface area contributed by atoms with Crippen molar-refractivity contribution < 1.29 is 0 Å². The number of rotatable bonds is 8. The first-order chi connectivity index (χ1) is 14.3. The molecule has 0 atom stereocenters. The smallest absolute Gasteiger partial charge is 0.247 e. The number of anilines is 1. The van der Waals surface area contributed by atoms with Gasteiger partial charge >= 0.3 is 0 Å². The molecule has 0 unspecified atom stereocenters. The number of allylic oxidation sites excluding steroid dienone is 4. The molecule has 3 aromatic carbocycles. The van der Waals surface area contributed by atoms with E-state index in [2.05, 4.69) is 115 Å². The van der Waals surface area contributed by atoms with Crippen molar-refractivity contribution in [1.82, 2.24) is 0 Å². The molecule has 0 fully saturated rings. The SMILES string of the molecule is CCCCC1=C([Si](Nc2ccccc2)(c2ccccc2)c2ccccc2)CC=C1. The van der Waals surface area contributed by atoms with Crippen LogP contribution < -0.4 is 15.4 Å². The van der Waals surface area contributed by atoms with Crippen molar-refractivity contribution in [3.63, 3.8) is 0 Å². The molecule has 0 bridgehead atoms. The Morgan fingerprint density at radius 1 is 0.759 bits per heavy atom. The Balaban J connectivity index is 1.96. The van der Waals surface area contributed by atoms with Crippen molar-refractivity contribution in [3.05, 3.63) is 114 Å². The summed E-state index contributed by atoms with van der Waals surface area (Å²) >= 11 is 0. The largest absolute Gasteiger partial charge is 0.400 e. The quantitative estimate of drug-likeness (QED) is 0.472. The second kappa shape index (κ2) is 9.10. The fraction of sp³-hybridized carbons (Fsp3) is 0.185. The molecule has 29 heavy (non-hydrogen) atoms. The minimum atomic E-state index is -2.40. The van der Waals surface area contributed by atoms with Crippen molar-refractivity contribution in [2.45, 2.75) is 32.6 Å². The Hall–Kier alpha value is -2.84. The van der Waals surface area contributed by atoms with Gasteiger partial charge in [-0.25, -0.2) is 0 Å². The van der Waals surface area contributed by atoms with Gasteiger partial charge in [0.05, 0.1) is 0 Å². The molecule has 0 heterocycles. The van der Waals surface area contributed by atoms with E-state index in [9.17, 15) is 0 Å². The normalized spacial score (nSPS) is 13.7. The summed E-state index contributed by atoms with van der Waals surface area (Å²) in [6, 6.07) is 33.0. The summed E-state index contributed by atoms with van der Waals surface area (Å²) < 4.78 is 0. The molecule has 0 aliphatic heterocycles. The van der Waals surface area contributed by atoms with Gasteiger partial charge in [-0.15, -0.1) is 0 Å². The molecule has 0 spiro atoms. The molecule has 1 aliphatic carbocycles. The van der Waals surface area contributed by atoms with E-state index in [1.165, 1.54) is 34.5 Å². The zero-order valence-corrected chi connectivity index (χ0v) is 18.1. The van der Waals surface area contributed by atoms with Gasteiger partial charge in [-0.05, 0) is 47.0 Å². The highest BCUT2D eigenvalue weighted by Crippen LogP contribution is 2.32. The van der Waals surface area contributed by atoms with Crippen LogP contribution >= 0.6 is 0 Å². The second-order valence-electron chi connectivity index (χ2n) is 7.69. The van der Waals surface area contributed by atoms with Gasteiger partial charge in [-0.1, -0.05) is 110 Å². The zero-order chi connectivity index (χ0) is 19.9. The van der Waals surface area contributed by atoms with E-state index >= 15 is 0 Å². The molecule has 0 aromatic heterocycles. The van der Waals surface area contributed by atoms with Crippen LogP contribution in [0.15, 0.2) is 114 Å². The molecule has 1 N–H and O–H groups in total. The van der Waals surface area contributed by atoms with E-state index in [0.29, 0.717) is 0 Å². The van der Waals surface area contributed by atoms with Crippen LogP contribution in [0.25, 0.3) is 0 Å². The van der Waals surface area contributed by atoms with Gasteiger partial charge in [0.25, 0.3) is 0 Å². The van der Waals surface area contributed by atoms with Crippen LogP contribution in [-0.2, 0) is 0 Å². The van der Waals surface area contributed by atoms with Crippen molar-refractivity contribution in [2.75, 3.05) is 4.98 Å². The predicted octanol–water partition coefficient (Wildman–Crippen LogP) is 5.84. The van der Waals surface area contributed by atoms with E-state index in [1.807, 2.05) is 0 Å². The molecule has 4 rings (SSSR count). The number of nitrogens with one attached hydrogen (secondary N) is 1. The molecule has 146 valence electrons. The molecule has 0 saturated heterocycles. The molecule has 3 aromatic rings. The molecule has 0 saturated carbocycles. The zero-order valence-electron chi connectivity index (χ0n) is 17.1. The van der Waals surface area contributed by atoms with Gasteiger partial charge in [-0.3, -0.25) is 0 Å². The number of unbranched alkanes of at least 4 members (excludes halogenated alkanes) is 1. The van der Waals surface area contributed by atoms with Gasteiger partial charge in [0.15, 0.2) is 0 Å². The first kappa shape index (κ1) is 19.5. The third-order valence-electron chi connectivity index (χ3n) is 5.80. The average molecular weight is 396 g/mol. The van der Waals surface area contributed by atoms with E-state index < -0.39 is 8.24 Å². The Bertz CT molecular complexity index is 935. The third kappa shape index (κ3) is 3.99. The fourth-order valence-corrected chi connectivity index (χ4v) is 8.96. The van der Waals surface area contributed by atoms with Crippen molar-refractivity contribution >= 4 is 24.3 Å². The standard InChI is InChI=1S/C27H29NSi/c1-2-3-14-23-15-13-22-27(23)29(25-18-9-5-10-19-25,26-20-11-6-12-21-26)28-24-16-7-4-8-17-24/h4-13,15-21,28H,2-3,14,22H2,1H3. The minimum Gasteiger partial charge on any atom is -0.400 e. The van der Waals surface area contributed by atoms with Gasteiger partial charge in [-0.2, -0.15) is 0 Å². The lowest BCUT2D eigenvalue weighted by Gasteiger charge is -2.37. The topological polar surface area (TPSA) is 12.0 Å². The highest BCUT2D eigenvalue weighted by atomic mass is 28.3.